The molecule has 6 nitrogen and oxygen atoms in total. The van der Waals surface area contributed by atoms with Crippen molar-refractivity contribution in [2.24, 2.45) is 7.05 Å². The molecule has 0 fully saturated rings. The molecule has 0 saturated carbocycles. The summed E-state index contributed by atoms with van der Waals surface area (Å²) in [5.41, 5.74) is 1.75. The number of carboxylic acid groups (broad SMARTS) is 1. The Balaban J connectivity index is 2.93. The number of carboxylic acids is 1. The van der Waals surface area contributed by atoms with Gasteiger partial charge in [0.25, 0.3) is 5.91 Å². The Morgan fingerprint density at radius 2 is 2.00 bits per heavy atom. The number of aromatic nitrogens is 2. The average Bonchev–Trinajstić information content (AvgIpc) is 2.40. The van der Waals surface area contributed by atoms with Gasteiger partial charge in [0.15, 0.2) is 0 Å². The van der Waals surface area contributed by atoms with E-state index in [4.69, 9.17) is 5.11 Å². The lowest BCUT2D eigenvalue weighted by Gasteiger charge is -2.09. The van der Waals surface area contributed by atoms with Crippen molar-refractivity contribution in [3.63, 3.8) is 0 Å². The second-order valence-corrected chi connectivity index (χ2v) is 3.70. The number of nitrogens with one attached hydrogen (secondary N) is 1. The summed E-state index contributed by atoms with van der Waals surface area (Å²) in [5.74, 6) is -1.47. The summed E-state index contributed by atoms with van der Waals surface area (Å²) >= 11 is 0. The molecule has 0 saturated heterocycles. The third-order valence-corrected chi connectivity index (χ3v) is 2.45. The van der Waals surface area contributed by atoms with Crippen LogP contribution in [0, 0.1) is 13.8 Å². The van der Waals surface area contributed by atoms with Gasteiger partial charge in [-0.1, -0.05) is 0 Å². The van der Waals surface area contributed by atoms with E-state index in [0.717, 1.165) is 0 Å². The highest BCUT2D eigenvalue weighted by Gasteiger charge is 2.21. The average molecular weight is 225 g/mol. The zero-order chi connectivity index (χ0) is 12.5. The summed E-state index contributed by atoms with van der Waals surface area (Å²) in [6, 6.07) is -0.911. The van der Waals surface area contributed by atoms with Crippen LogP contribution in [0.15, 0.2) is 0 Å². The molecule has 0 aromatic carbocycles. The summed E-state index contributed by atoms with van der Waals surface area (Å²) in [6.45, 7) is 4.90. The van der Waals surface area contributed by atoms with E-state index in [9.17, 15) is 9.59 Å². The van der Waals surface area contributed by atoms with Crippen LogP contribution in [-0.4, -0.2) is 32.8 Å². The molecule has 1 aromatic heterocycles. The van der Waals surface area contributed by atoms with Crippen LogP contribution in [0.2, 0.25) is 0 Å². The van der Waals surface area contributed by atoms with Crippen LogP contribution in [0.1, 0.15) is 28.7 Å². The number of nitrogens with zero attached hydrogens (tertiary/aromatic N) is 2. The molecule has 1 heterocycles. The molecule has 16 heavy (non-hydrogen) atoms. The van der Waals surface area contributed by atoms with E-state index >= 15 is 0 Å². The van der Waals surface area contributed by atoms with Gasteiger partial charge in [-0.25, -0.2) is 0 Å². The lowest BCUT2D eigenvalue weighted by molar-refractivity contribution is -0.138. The number of aliphatic carboxylic acids is 1. The van der Waals surface area contributed by atoms with Crippen LogP contribution in [-0.2, 0) is 11.8 Å². The molecule has 6 heteroatoms. The van der Waals surface area contributed by atoms with Crippen molar-refractivity contribution in [3.8, 4) is 0 Å². The zero-order valence-electron chi connectivity index (χ0n) is 9.74. The minimum atomic E-state index is -1.06. The first-order chi connectivity index (χ1) is 7.34. The van der Waals surface area contributed by atoms with Crippen LogP contribution in [0.3, 0.4) is 0 Å². The molecule has 0 aliphatic heterocycles. The van der Waals surface area contributed by atoms with E-state index in [1.807, 2.05) is 0 Å². The van der Waals surface area contributed by atoms with Crippen molar-refractivity contribution in [1.29, 1.82) is 0 Å². The lowest BCUT2D eigenvalue weighted by atomic mass is 10.1. The fourth-order valence-corrected chi connectivity index (χ4v) is 1.43. The van der Waals surface area contributed by atoms with Crippen LogP contribution >= 0.6 is 0 Å². The van der Waals surface area contributed by atoms with E-state index in [-0.39, 0.29) is 0 Å². The van der Waals surface area contributed by atoms with Crippen molar-refractivity contribution >= 4 is 11.9 Å². The Hall–Kier alpha value is -1.85. The van der Waals surface area contributed by atoms with Crippen LogP contribution in [0.4, 0.5) is 0 Å². The van der Waals surface area contributed by atoms with Crippen LogP contribution in [0.25, 0.3) is 0 Å². The third-order valence-electron chi connectivity index (χ3n) is 2.45. The minimum absolute atomic E-state index is 0.405. The molecule has 0 spiro atoms. The van der Waals surface area contributed by atoms with Crippen molar-refractivity contribution < 1.29 is 14.7 Å². The second-order valence-electron chi connectivity index (χ2n) is 3.70. The standard InChI is InChI=1S/C10H15N3O3/c1-5-8(7(3)13(4)12-5)9(14)11-6(2)10(15)16/h6H,1-4H3,(H,11,14)(H,15,16)/t6-/m0/s1. The summed E-state index contributed by atoms with van der Waals surface area (Å²) in [4.78, 5) is 22.4. The van der Waals surface area contributed by atoms with Gasteiger partial charge in [0.2, 0.25) is 0 Å². The molecule has 1 rings (SSSR count). The predicted molar refractivity (Wildman–Crippen MR) is 57.2 cm³/mol. The third kappa shape index (κ3) is 2.21. The molecule has 0 radical (unpaired) electrons. The maximum Gasteiger partial charge on any atom is 0.325 e. The highest BCUT2D eigenvalue weighted by Crippen LogP contribution is 2.11. The Morgan fingerprint density at radius 3 is 2.38 bits per heavy atom. The van der Waals surface area contributed by atoms with Gasteiger partial charge in [-0.05, 0) is 20.8 Å². The molecule has 1 aromatic rings. The molecule has 0 unspecified atom stereocenters. The summed E-state index contributed by atoms with van der Waals surface area (Å²) < 4.78 is 1.59. The van der Waals surface area contributed by atoms with E-state index in [0.29, 0.717) is 17.0 Å². The second kappa shape index (κ2) is 4.34. The van der Waals surface area contributed by atoms with Gasteiger partial charge in [-0.3, -0.25) is 14.3 Å². The molecular formula is C10H15N3O3. The largest absolute Gasteiger partial charge is 0.480 e. The molecule has 0 aliphatic rings. The van der Waals surface area contributed by atoms with Gasteiger partial charge < -0.3 is 10.4 Å². The molecular weight excluding hydrogens is 210 g/mol. The lowest BCUT2D eigenvalue weighted by Crippen LogP contribution is -2.38. The Morgan fingerprint density at radius 1 is 1.44 bits per heavy atom. The van der Waals surface area contributed by atoms with Gasteiger partial charge in [0, 0.05) is 12.7 Å². The topological polar surface area (TPSA) is 84.2 Å². The Kier molecular flexibility index (Phi) is 3.31. The van der Waals surface area contributed by atoms with Crippen molar-refractivity contribution in [2.45, 2.75) is 26.8 Å². The summed E-state index contributed by atoms with van der Waals surface area (Å²) in [6.07, 6.45) is 0. The number of hydrogen-bond acceptors (Lipinski definition) is 3. The smallest absolute Gasteiger partial charge is 0.325 e. The molecule has 0 aliphatic carbocycles. The van der Waals surface area contributed by atoms with Crippen molar-refractivity contribution in [3.05, 3.63) is 17.0 Å². The quantitative estimate of drug-likeness (QED) is 0.771. The van der Waals surface area contributed by atoms with E-state index < -0.39 is 17.9 Å². The predicted octanol–water partition coefficient (Wildman–Crippen LogP) is 0.240. The number of carbonyl (C=O) groups excluding carboxylic acids is 1. The highest BCUT2D eigenvalue weighted by molar-refractivity contribution is 5.98. The summed E-state index contributed by atoms with van der Waals surface area (Å²) in [5, 5.41) is 15.2. The normalized spacial score (nSPS) is 12.2. The maximum atomic E-state index is 11.8. The number of hydrogen-bond donors (Lipinski definition) is 2. The zero-order valence-corrected chi connectivity index (χ0v) is 9.74. The number of rotatable bonds is 3. The maximum absolute atomic E-state index is 11.8. The highest BCUT2D eigenvalue weighted by atomic mass is 16.4. The molecule has 1 atom stereocenters. The molecule has 1 amide bonds. The summed E-state index contributed by atoms with van der Waals surface area (Å²) in [7, 11) is 1.74. The fourth-order valence-electron chi connectivity index (χ4n) is 1.43. The first-order valence-electron chi connectivity index (χ1n) is 4.88. The first-order valence-corrected chi connectivity index (χ1v) is 4.88. The van der Waals surface area contributed by atoms with Crippen molar-refractivity contribution in [2.75, 3.05) is 0 Å². The van der Waals surface area contributed by atoms with E-state index in [1.54, 1.807) is 25.6 Å². The van der Waals surface area contributed by atoms with E-state index in [2.05, 4.69) is 10.4 Å². The number of amides is 1. The SMILES string of the molecule is Cc1nn(C)c(C)c1C(=O)N[C@@H](C)C(=O)O. The van der Waals surface area contributed by atoms with E-state index in [1.165, 1.54) is 6.92 Å². The minimum Gasteiger partial charge on any atom is -0.480 e. The van der Waals surface area contributed by atoms with Gasteiger partial charge in [0.1, 0.15) is 6.04 Å². The van der Waals surface area contributed by atoms with Crippen LogP contribution < -0.4 is 5.32 Å². The number of aryl methyl sites for hydroxylation is 2. The molecule has 0 bridgehead atoms. The van der Waals surface area contributed by atoms with Crippen LogP contribution in [0.5, 0.6) is 0 Å². The molecule has 2 N–H and O–H groups in total. The van der Waals surface area contributed by atoms with Gasteiger partial charge in [-0.15, -0.1) is 0 Å². The first kappa shape index (κ1) is 12.2. The van der Waals surface area contributed by atoms with Crippen molar-refractivity contribution in [1.82, 2.24) is 15.1 Å². The monoisotopic (exact) mass is 225 g/mol. The van der Waals surface area contributed by atoms with Gasteiger partial charge in [-0.2, -0.15) is 5.10 Å². The Labute approximate surface area is 93.3 Å². The Bertz CT molecular complexity index is 437. The fraction of sp³-hybridized carbons (Fsp3) is 0.500. The molecule has 88 valence electrons. The number of carbonyl (C=O) groups is 2. The van der Waals surface area contributed by atoms with Gasteiger partial charge in [0.05, 0.1) is 11.3 Å². The van der Waals surface area contributed by atoms with Gasteiger partial charge >= 0.3 is 5.97 Å².